The van der Waals surface area contributed by atoms with E-state index in [1.54, 1.807) is 7.11 Å². The lowest BCUT2D eigenvalue weighted by Crippen LogP contribution is -2.27. The summed E-state index contributed by atoms with van der Waals surface area (Å²) >= 11 is 1.89. The van der Waals surface area contributed by atoms with Crippen LogP contribution in [-0.4, -0.2) is 25.2 Å². The molecule has 0 saturated heterocycles. The van der Waals surface area contributed by atoms with Crippen LogP contribution in [0.2, 0.25) is 0 Å². The molecule has 0 aliphatic heterocycles. The lowest BCUT2D eigenvalue weighted by atomic mass is 10.0. The van der Waals surface area contributed by atoms with E-state index in [1.807, 2.05) is 23.9 Å². The van der Waals surface area contributed by atoms with Crippen molar-refractivity contribution >= 4 is 11.8 Å². The molecule has 1 rings (SSSR count). The highest BCUT2D eigenvalue weighted by molar-refractivity contribution is 7.99. The molecule has 96 valence electrons. The molecule has 0 aromatic heterocycles. The van der Waals surface area contributed by atoms with Crippen molar-refractivity contribution < 1.29 is 4.74 Å². The van der Waals surface area contributed by atoms with Crippen LogP contribution in [0.1, 0.15) is 31.9 Å². The maximum Gasteiger partial charge on any atom is 0.123 e. The van der Waals surface area contributed by atoms with Gasteiger partial charge in [0.2, 0.25) is 0 Å². The van der Waals surface area contributed by atoms with Crippen molar-refractivity contribution in [1.29, 1.82) is 0 Å². The summed E-state index contributed by atoms with van der Waals surface area (Å²) in [6.45, 7) is 5.47. The number of para-hydroxylation sites is 1. The Balaban J connectivity index is 2.72. The van der Waals surface area contributed by atoms with Gasteiger partial charge < -0.3 is 10.1 Å². The van der Waals surface area contributed by atoms with E-state index in [4.69, 9.17) is 4.74 Å². The third kappa shape index (κ3) is 4.25. The second-order valence-corrected chi connectivity index (χ2v) is 5.43. The van der Waals surface area contributed by atoms with Gasteiger partial charge in [-0.1, -0.05) is 32.0 Å². The van der Waals surface area contributed by atoms with Crippen molar-refractivity contribution in [1.82, 2.24) is 5.32 Å². The summed E-state index contributed by atoms with van der Waals surface area (Å²) in [5, 5.41) is 4.25. The fraction of sp³-hybridized carbons (Fsp3) is 0.571. The number of thioether (sulfide) groups is 1. The molecule has 1 N–H and O–H groups in total. The lowest BCUT2D eigenvalue weighted by molar-refractivity contribution is 0.397. The molecule has 2 unspecified atom stereocenters. The first-order valence-corrected chi connectivity index (χ1v) is 7.40. The van der Waals surface area contributed by atoms with Crippen molar-refractivity contribution in [2.75, 3.05) is 19.9 Å². The van der Waals surface area contributed by atoms with Crippen LogP contribution in [0.4, 0.5) is 0 Å². The first-order chi connectivity index (χ1) is 8.22. The number of methoxy groups -OCH3 is 1. The molecule has 0 bridgehead atoms. The molecule has 0 amide bonds. The van der Waals surface area contributed by atoms with Crippen molar-refractivity contribution in [3.8, 4) is 5.75 Å². The fourth-order valence-electron chi connectivity index (χ4n) is 1.82. The molecular weight excluding hydrogens is 230 g/mol. The Kier molecular flexibility index (Phi) is 6.45. The van der Waals surface area contributed by atoms with E-state index in [9.17, 15) is 0 Å². The minimum absolute atomic E-state index is 0.376. The van der Waals surface area contributed by atoms with Crippen molar-refractivity contribution in [2.45, 2.75) is 31.6 Å². The molecule has 1 aromatic rings. The number of rotatable bonds is 7. The van der Waals surface area contributed by atoms with Gasteiger partial charge in [-0.05, 0) is 18.7 Å². The van der Waals surface area contributed by atoms with Gasteiger partial charge in [0.25, 0.3) is 0 Å². The van der Waals surface area contributed by atoms with Gasteiger partial charge in [0.1, 0.15) is 5.75 Å². The van der Waals surface area contributed by atoms with Crippen molar-refractivity contribution in [2.24, 2.45) is 0 Å². The van der Waals surface area contributed by atoms with Crippen LogP contribution in [0.5, 0.6) is 5.75 Å². The summed E-state index contributed by atoms with van der Waals surface area (Å²) in [7, 11) is 1.73. The molecule has 17 heavy (non-hydrogen) atoms. The van der Waals surface area contributed by atoms with E-state index in [1.165, 1.54) is 5.56 Å². The summed E-state index contributed by atoms with van der Waals surface area (Å²) in [6, 6.07) is 8.63. The Morgan fingerprint density at radius 1 is 1.35 bits per heavy atom. The number of hydrogen-bond acceptors (Lipinski definition) is 3. The Morgan fingerprint density at radius 2 is 2.06 bits per heavy atom. The van der Waals surface area contributed by atoms with Gasteiger partial charge in [-0.15, -0.1) is 0 Å². The number of nitrogens with one attached hydrogen (secondary N) is 1. The maximum absolute atomic E-state index is 5.42. The number of ether oxygens (including phenoxy) is 1. The molecular formula is C14H23NOS. The molecule has 0 aliphatic rings. The average Bonchev–Trinajstić information content (AvgIpc) is 2.39. The van der Waals surface area contributed by atoms with Gasteiger partial charge in [0, 0.05) is 23.4 Å². The minimum Gasteiger partial charge on any atom is -0.496 e. The van der Waals surface area contributed by atoms with E-state index in [2.05, 4.69) is 37.6 Å². The zero-order valence-corrected chi connectivity index (χ0v) is 12.0. The molecule has 2 atom stereocenters. The Bertz CT molecular complexity index is 330. The summed E-state index contributed by atoms with van der Waals surface area (Å²) in [5.74, 6) is 0.976. The van der Waals surface area contributed by atoms with Crippen molar-refractivity contribution in [3.63, 3.8) is 0 Å². The van der Waals surface area contributed by atoms with Crippen LogP contribution in [0.3, 0.4) is 0 Å². The standard InChI is InChI=1S/C14H23NOS/c1-5-13(15-10-11(2)17-4)12-8-6-7-9-14(12)16-3/h6-9,11,13,15H,5,10H2,1-4H3. The lowest BCUT2D eigenvalue weighted by Gasteiger charge is -2.21. The van der Waals surface area contributed by atoms with Crippen LogP contribution >= 0.6 is 11.8 Å². The fourth-order valence-corrected chi connectivity index (χ4v) is 2.08. The van der Waals surface area contributed by atoms with Crippen LogP contribution in [0, 0.1) is 0 Å². The maximum atomic E-state index is 5.42. The van der Waals surface area contributed by atoms with Gasteiger partial charge in [-0.2, -0.15) is 11.8 Å². The molecule has 0 saturated carbocycles. The van der Waals surface area contributed by atoms with Crippen LogP contribution in [-0.2, 0) is 0 Å². The van der Waals surface area contributed by atoms with Crippen molar-refractivity contribution in [3.05, 3.63) is 29.8 Å². The monoisotopic (exact) mass is 253 g/mol. The summed E-state index contributed by atoms with van der Waals surface area (Å²) in [5.41, 5.74) is 1.26. The molecule has 0 radical (unpaired) electrons. The topological polar surface area (TPSA) is 21.3 Å². The third-order valence-electron chi connectivity index (χ3n) is 2.98. The average molecular weight is 253 g/mol. The van der Waals surface area contributed by atoms with E-state index >= 15 is 0 Å². The van der Waals surface area contributed by atoms with Gasteiger partial charge in [0.05, 0.1) is 7.11 Å². The highest BCUT2D eigenvalue weighted by Gasteiger charge is 2.14. The molecule has 0 heterocycles. The smallest absolute Gasteiger partial charge is 0.123 e. The molecule has 0 aliphatic carbocycles. The Morgan fingerprint density at radius 3 is 2.65 bits per heavy atom. The largest absolute Gasteiger partial charge is 0.496 e. The van der Waals surface area contributed by atoms with E-state index in [0.717, 1.165) is 18.7 Å². The highest BCUT2D eigenvalue weighted by atomic mass is 32.2. The van der Waals surface area contributed by atoms with Gasteiger partial charge >= 0.3 is 0 Å². The highest BCUT2D eigenvalue weighted by Crippen LogP contribution is 2.26. The molecule has 0 fully saturated rings. The summed E-state index contributed by atoms with van der Waals surface area (Å²) in [4.78, 5) is 0. The second kappa shape index (κ2) is 7.62. The zero-order chi connectivity index (χ0) is 12.7. The molecule has 1 aromatic carbocycles. The SMILES string of the molecule is CCC(NCC(C)SC)c1ccccc1OC. The minimum atomic E-state index is 0.376. The number of hydrogen-bond donors (Lipinski definition) is 1. The van der Waals surface area contributed by atoms with E-state index in [0.29, 0.717) is 11.3 Å². The van der Waals surface area contributed by atoms with E-state index in [-0.39, 0.29) is 0 Å². The zero-order valence-electron chi connectivity index (χ0n) is 11.2. The third-order valence-corrected chi connectivity index (χ3v) is 3.95. The van der Waals surface area contributed by atoms with Gasteiger partial charge in [-0.25, -0.2) is 0 Å². The first kappa shape index (κ1) is 14.4. The van der Waals surface area contributed by atoms with Gasteiger partial charge in [0.15, 0.2) is 0 Å². The second-order valence-electron chi connectivity index (χ2n) is 4.16. The predicted molar refractivity (Wildman–Crippen MR) is 77.0 cm³/mol. The predicted octanol–water partition coefficient (Wildman–Crippen LogP) is 3.49. The molecule has 3 heteroatoms. The normalized spacial score (nSPS) is 14.4. The first-order valence-electron chi connectivity index (χ1n) is 6.12. The van der Waals surface area contributed by atoms with E-state index < -0.39 is 0 Å². The quantitative estimate of drug-likeness (QED) is 0.804. The summed E-state index contributed by atoms with van der Waals surface area (Å²) < 4.78 is 5.42. The summed E-state index contributed by atoms with van der Waals surface area (Å²) in [6.07, 6.45) is 3.22. The molecule has 2 nitrogen and oxygen atoms in total. The van der Waals surface area contributed by atoms with Gasteiger partial charge in [-0.3, -0.25) is 0 Å². The van der Waals surface area contributed by atoms with Crippen LogP contribution in [0.25, 0.3) is 0 Å². The Labute approximate surface area is 109 Å². The van der Waals surface area contributed by atoms with Crippen LogP contribution < -0.4 is 10.1 Å². The van der Waals surface area contributed by atoms with Crippen LogP contribution in [0.15, 0.2) is 24.3 Å². The number of benzene rings is 1. The molecule has 0 spiro atoms. The Hall–Kier alpha value is -0.670.